The van der Waals surface area contributed by atoms with Gasteiger partial charge in [-0.1, -0.05) is 5.16 Å². The van der Waals surface area contributed by atoms with Gasteiger partial charge in [-0.2, -0.15) is 10.1 Å². The molecule has 3 aromatic heterocycles. The Hall–Kier alpha value is -2.54. The first-order chi connectivity index (χ1) is 13.6. The van der Waals surface area contributed by atoms with Crippen LogP contribution in [0.1, 0.15) is 46.9 Å². The Kier molecular flexibility index (Phi) is 4.27. The highest BCUT2D eigenvalue weighted by Gasteiger charge is 2.28. The van der Waals surface area contributed by atoms with Gasteiger partial charge in [0.05, 0.1) is 5.69 Å². The minimum Gasteiger partial charge on any atom is -0.337 e. The van der Waals surface area contributed by atoms with Crippen molar-refractivity contribution in [3.8, 4) is 11.4 Å². The lowest BCUT2D eigenvalue weighted by Gasteiger charge is -2.29. The maximum absolute atomic E-state index is 5.56. The molecule has 0 aromatic carbocycles. The van der Waals surface area contributed by atoms with Crippen LogP contribution in [0, 0.1) is 26.7 Å². The summed E-state index contributed by atoms with van der Waals surface area (Å²) >= 11 is 0. The minimum atomic E-state index is 0.489. The van der Waals surface area contributed by atoms with Crippen LogP contribution in [0.3, 0.4) is 0 Å². The van der Waals surface area contributed by atoms with E-state index in [-0.39, 0.29) is 0 Å². The van der Waals surface area contributed by atoms with Gasteiger partial charge in [-0.25, -0.2) is 0 Å². The molecule has 5 rings (SSSR count). The normalized spacial score (nSPS) is 17.1. The summed E-state index contributed by atoms with van der Waals surface area (Å²) in [6, 6.07) is 2.05. The van der Waals surface area contributed by atoms with E-state index in [1.807, 2.05) is 37.7 Å². The fourth-order valence-corrected chi connectivity index (χ4v) is 4.21. The van der Waals surface area contributed by atoms with Crippen LogP contribution in [-0.4, -0.2) is 42.9 Å². The molecule has 2 aliphatic rings. The zero-order valence-corrected chi connectivity index (χ0v) is 16.8. The average molecular weight is 378 g/mol. The van der Waals surface area contributed by atoms with E-state index < -0.39 is 0 Å². The highest BCUT2D eigenvalue weighted by molar-refractivity contribution is 5.64. The molecule has 0 radical (unpaired) electrons. The second-order valence-electron chi connectivity index (χ2n) is 8.25. The molecule has 0 spiro atoms. The van der Waals surface area contributed by atoms with Gasteiger partial charge in [-0.3, -0.25) is 14.6 Å². The number of aromatic nitrogens is 5. The van der Waals surface area contributed by atoms with Crippen molar-refractivity contribution in [2.45, 2.75) is 53.1 Å². The van der Waals surface area contributed by atoms with E-state index in [4.69, 9.17) is 4.52 Å². The molecule has 0 N–H and O–H groups in total. The molecule has 0 saturated heterocycles. The first-order valence-electron chi connectivity index (χ1n) is 10.1. The topological polar surface area (TPSA) is 72.9 Å². The van der Waals surface area contributed by atoms with Crippen LogP contribution < -0.4 is 0 Å². The largest absolute Gasteiger partial charge is 0.337 e. The number of aryl methyl sites for hydroxylation is 3. The second kappa shape index (κ2) is 6.81. The summed E-state index contributed by atoms with van der Waals surface area (Å²) in [6.45, 7) is 9.83. The Balaban J connectivity index is 1.42. The number of pyridine rings is 1. The van der Waals surface area contributed by atoms with Crippen molar-refractivity contribution in [2.24, 2.45) is 5.92 Å². The molecule has 1 aliphatic carbocycles. The number of rotatable bonds is 5. The molecule has 0 amide bonds. The summed E-state index contributed by atoms with van der Waals surface area (Å²) in [5.74, 6) is 2.13. The van der Waals surface area contributed by atoms with E-state index in [0.29, 0.717) is 18.3 Å². The van der Waals surface area contributed by atoms with E-state index >= 15 is 0 Å². The van der Waals surface area contributed by atoms with E-state index in [1.165, 1.54) is 30.5 Å². The van der Waals surface area contributed by atoms with Crippen LogP contribution in [0.5, 0.6) is 0 Å². The smallest absolute Gasteiger partial charge is 0.248 e. The minimum absolute atomic E-state index is 0.489. The van der Waals surface area contributed by atoms with Gasteiger partial charge in [0.15, 0.2) is 0 Å². The number of nitrogens with zero attached hydrogens (tertiary/aromatic N) is 6. The number of hydrogen-bond acceptors (Lipinski definition) is 6. The predicted octanol–water partition coefficient (Wildman–Crippen LogP) is 3.07. The molecule has 1 aliphatic heterocycles. The Morgan fingerprint density at radius 3 is 2.82 bits per heavy atom. The summed E-state index contributed by atoms with van der Waals surface area (Å²) in [5.41, 5.74) is 6.73. The van der Waals surface area contributed by atoms with E-state index in [2.05, 4.69) is 25.1 Å². The van der Waals surface area contributed by atoms with Crippen LogP contribution in [0.25, 0.3) is 11.4 Å². The third-order valence-electron chi connectivity index (χ3n) is 5.83. The Morgan fingerprint density at radius 1 is 1.21 bits per heavy atom. The lowest BCUT2D eigenvalue weighted by molar-refractivity contribution is 0.243. The van der Waals surface area contributed by atoms with Crippen LogP contribution in [-0.2, 0) is 19.5 Å². The van der Waals surface area contributed by atoms with E-state index in [1.54, 1.807) is 0 Å². The molecule has 1 fully saturated rings. The number of fused-ring (bicyclic) bond motifs is 1. The highest BCUT2D eigenvalue weighted by atomic mass is 16.5. The summed E-state index contributed by atoms with van der Waals surface area (Å²) in [5, 5.41) is 8.77. The zero-order valence-electron chi connectivity index (χ0n) is 16.8. The molecule has 146 valence electrons. The third kappa shape index (κ3) is 3.35. The van der Waals surface area contributed by atoms with Gasteiger partial charge in [0.1, 0.15) is 6.54 Å². The lowest BCUT2D eigenvalue weighted by atomic mass is 9.94. The van der Waals surface area contributed by atoms with Gasteiger partial charge >= 0.3 is 0 Å². The van der Waals surface area contributed by atoms with Crippen molar-refractivity contribution in [2.75, 3.05) is 13.1 Å². The standard InChI is InChI=1S/C21H26N6O/c1-13-8-14(2)27(24-13)12-19-23-21(25-28-19)20-15(3)22-9-17-11-26(7-6-18(17)20)10-16-4-5-16/h8-9,16H,4-7,10-12H2,1-3H3. The van der Waals surface area contributed by atoms with Gasteiger partial charge in [0, 0.05) is 42.8 Å². The highest BCUT2D eigenvalue weighted by Crippen LogP contribution is 2.34. The molecule has 7 nitrogen and oxygen atoms in total. The van der Waals surface area contributed by atoms with Gasteiger partial charge in [-0.15, -0.1) is 0 Å². The van der Waals surface area contributed by atoms with Crippen molar-refractivity contribution >= 4 is 0 Å². The second-order valence-corrected chi connectivity index (χ2v) is 8.25. The molecule has 3 aromatic rings. The van der Waals surface area contributed by atoms with Crippen molar-refractivity contribution < 1.29 is 4.52 Å². The van der Waals surface area contributed by atoms with Gasteiger partial charge in [0.2, 0.25) is 11.7 Å². The van der Waals surface area contributed by atoms with Gasteiger partial charge in [-0.05, 0) is 63.1 Å². The molecule has 28 heavy (non-hydrogen) atoms. The Morgan fingerprint density at radius 2 is 2.07 bits per heavy atom. The Bertz CT molecular complexity index is 1020. The van der Waals surface area contributed by atoms with Crippen molar-refractivity contribution in [3.05, 3.63) is 46.4 Å². The molecular formula is C21H26N6O. The fraction of sp³-hybridized carbons (Fsp3) is 0.524. The van der Waals surface area contributed by atoms with Crippen molar-refractivity contribution in [1.82, 2.24) is 29.8 Å². The molecule has 0 bridgehead atoms. The van der Waals surface area contributed by atoms with Crippen LogP contribution >= 0.6 is 0 Å². The summed E-state index contributed by atoms with van der Waals surface area (Å²) in [4.78, 5) is 11.9. The molecule has 0 unspecified atom stereocenters. The fourth-order valence-electron chi connectivity index (χ4n) is 4.21. The quantitative estimate of drug-likeness (QED) is 0.679. The maximum atomic E-state index is 5.56. The molecular weight excluding hydrogens is 352 g/mol. The van der Waals surface area contributed by atoms with Crippen LogP contribution in [0.15, 0.2) is 16.8 Å². The van der Waals surface area contributed by atoms with E-state index in [9.17, 15) is 0 Å². The van der Waals surface area contributed by atoms with Gasteiger partial charge < -0.3 is 4.52 Å². The SMILES string of the molecule is Cc1cc(C)n(Cc2nc(-c3c(C)ncc4c3CCN(CC3CC3)C4)no2)n1. The maximum Gasteiger partial charge on any atom is 0.248 e. The predicted molar refractivity (Wildman–Crippen MR) is 105 cm³/mol. The molecule has 4 heterocycles. The Labute approximate surface area is 164 Å². The summed E-state index contributed by atoms with van der Waals surface area (Å²) in [6.07, 6.45) is 5.83. The average Bonchev–Trinajstić information content (AvgIpc) is 3.26. The zero-order chi connectivity index (χ0) is 19.3. The number of hydrogen-bond donors (Lipinski definition) is 0. The van der Waals surface area contributed by atoms with Crippen molar-refractivity contribution in [3.63, 3.8) is 0 Å². The lowest BCUT2D eigenvalue weighted by Crippen LogP contribution is -2.32. The molecule has 0 atom stereocenters. The first-order valence-corrected chi connectivity index (χ1v) is 10.1. The molecule has 1 saturated carbocycles. The summed E-state index contributed by atoms with van der Waals surface area (Å²) in [7, 11) is 0. The van der Waals surface area contributed by atoms with Crippen LogP contribution in [0.4, 0.5) is 0 Å². The monoisotopic (exact) mass is 378 g/mol. The molecule has 7 heteroatoms. The summed E-state index contributed by atoms with van der Waals surface area (Å²) < 4.78 is 7.45. The van der Waals surface area contributed by atoms with Crippen molar-refractivity contribution in [1.29, 1.82) is 0 Å². The third-order valence-corrected chi connectivity index (χ3v) is 5.83. The van der Waals surface area contributed by atoms with E-state index in [0.717, 1.165) is 48.1 Å². The first kappa shape index (κ1) is 17.6. The van der Waals surface area contributed by atoms with Crippen LogP contribution in [0.2, 0.25) is 0 Å². The van der Waals surface area contributed by atoms with Gasteiger partial charge in [0.25, 0.3) is 0 Å².